The zero-order valence-corrected chi connectivity index (χ0v) is 46.6. The van der Waals surface area contributed by atoms with Gasteiger partial charge in [-0.1, -0.05) is 309 Å². The van der Waals surface area contributed by atoms with Crippen molar-refractivity contribution in [3.8, 4) is 0 Å². The van der Waals surface area contributed by atoms with Crippen molar-refractivity contribution >= 4 is 17.9 Å². The first-order chi connectivity index (χ1) is 32.3. The van der Waals surface area contributed by atoms with E-state index >= 15 is 0 Å². The Morgan fingerprint density at radius 2 is 0.358 bits per heavy atom. The first-order valence-electron chi connectivity index (χ1n) is 29.0. The van der Waals surface area contributed by atoms with Crippen LogP contribution in [0.3, 0.4) is 0 Å². The van der Waals surface area contributed by atoms with Crippen LogP contribution in [-0.2, 0) is 14.4 Å². The van der Waals surface area contributed by atoms with Gasteiger partial charge in [-0.25, -0.2) is 14.4 Å². The number of allylic oxidation sites excluding steroid dienone is 3. The fourth-order valence-corrected chi connectivity index (χ4v) is 8.45. The number of unbranched alkanes of at least 4 members (excludes halogenated alkanes) is 45. The first kappa shape index (κ1) is 72.4. The molecule has 0 radical (unpaired) electrons. The monoisotopic (exact) mass is 1100 g/mol. The van der Waals surface area contributed by atoms with E-state index in [-0.39, 0.29) is 37.3 Å². The van der Waals surface area contributed by atoms with Gasteiger partial charge < -0.3 is 15.3 Å². The molecule has 0 aromatic carbocycles. The summed E-state index contributed by atoms with van der Waals surface area (Å²) in [5, 5.41) is 25.4. The van der Waals surface area contributed by atoms with Crippen molar-refractivity contribution in [1.29, 1.82) is 0 Å². The molecule has 0 aliphatic rings. The number of aliphatic carboxylic acids is 3. The predicted octanol–water partition coefficient (Wildman–Crippen LogP) is 20.7. The van der Waals surface area contributed by atoms with Crippen molar-refractivity contribution in [2.45, 2.75) is 329 Å². The van der Waals surface area contributed by atoms with E-state index < -0.39 is 17.9 Å². The molecular weight excluding hydrogens is 984 g/mol. The summed E-state index contributed by atoms with van der Waals surface area (Å²) in [7, 11) is 0. The smallest absolute Gasteiger partial charge is 0.327 e. The van der Waals surface area contributed by atoms with Crippen molar-refractivity contribution < 1.29 is 67.0 Å². The van der Waals surface area contributed by atoms with Gasteiger partial charge >= 0.3 is 17.9 Å². The standard InChI is InChI=1S/3C20H38O2.Er/c3*1-2-3-4-5-6-7-8-9-10-11-12-13-14-15-16-17-18-19-20(21)22;/h3*18-19H,2-17H2,1H3,(H,21,22);. The van der Waals surface area contributed by atoms with Crippen LogP contribution in [0.5, 0.6) is 0 Å². The zero-order chi connectivity index (χ0) is 48.9. The van der Waals surface area contributed by atoms with E-state index in [4.69, 9.17) is 15.3 Å². The number of hydrogen-bond donors (Lipinski definition) is 3. The van der Waals surface area contributed by atoms with Gasteiger partial charge in [0, 0.05) is 55.5 Å². The third-order valence-corrected chi connectivity index (χ3v) is 12.7. The summed E-state index contributed by atoms with van der Waals surface area (Å²) in [6, 6.07) is 0. The normalized spacial score (nSPS) is 11.1. The fraction of sp³-hybridized carbons (Fsp3) is 0.850. The van der Waals surface area contributed by atoms with Gasteiger partial charge in [0.25, 0.3) is 0 Å². The van der Waals surface area contributed by atoms with Crippen LogP contribution in [0.4, 0.5) is 0 Å². The van der Waals surface area contributed by atoms with Crippen LogP contribution in [0, 0.1) is 37.3 Å². The maximum atomic E-state index is 10.3. The van der Waals surface area contributed by atoms with Crippen LogP contribution in [0.2, 0.25) is 0 Å². The molecule has 0 rings (SSSR count). The quantitative estimate of drug-likeness (QED) is 0.0413. The van der Waals surface area contributed by atoms with Crippen LogP contribution >= 0.6 is 0 Å². The third-order valence-electron chi connectivity index (χ3n) is 12.7. The van der Waals surface area contributed by atoms with Gasteiger partial charge in [0.2, 0.25) is 0 Å². The molecule has 0 aliphatic heterocycles. The van der Waals surface area contributed by atoms with Crippen molar-refractivity contribution in [3.05, 3.63) is 36.5 Å². The molecule has 6 nitrogen and oxygen atoms in total. The number of hydrogen-bond acceptors (Lipinski definition) is 3. The van der Waals surface area contributed by atoms with Crippen LogP contribution in [-0.4, -0.2) is 33.2 Å². The average molecular weight is 1100 g/mol. The SMILES string of the molecule is CCCCCCCCCCCCCCCCCC=CC(=O)O.CCCCCCCCCCCCCCCCCC=CC(=O)O.CCCCCCCCCCCCCCCCCC=CC(=O)O.[Er]. The molecule has 402 valence electrons. The van der Waals surface area contributed by atoms with Crippen LogP contribution in [0.1, 0.15) is 329 Å². The Kier molecular flexibility index (Phi) is 74.7. The molecule has 0 amide bonds. The van der Waals surface area contributed by atoms with E-state index in [1.165, 1.54) is 288 Å². The maximum absolute atomic E-state index is 10.3. The van der Waals surface area contributed by atoms with E-state index in [1.54, 1.807) is 18.2 Å². The molecule has 0 saturated heterocycles. The topological polar surface area (TPSA) is 112 Å². The summed E-state index contributed by atoms with van der Waals surface area (Å²) < 4.78 is 0. The third kappa shape index (κ3) is 82.1. The average Bonchev–Trinajstić information content (AvgIpc) is 3.29. The van der Waals surface area contributed by atoms with E-state index in [9.17, 15) is 14.4 Å². The van der Waals surface area contributed by atoms with Crippen LogP contribution in [0.15, 0.2) is 36.5 Å². The van der Waals surface area contributed by atoms with Gasteiger partial charge in [-0.15, -0.1) is 0 Å². The molecule has 0 bridgehead atoms. The second-order valence-corrected chi connectivity index (χ2v) is 19.4. The van der Waals surface area contributed by atoms with Crippen molar-refractivity contribution in [2.75, 3.05) is 0 Å². The molecule has 0 saturated carbocycles. The number of rotatable bonds is 51. The van der Waals surface area contributed by atoms with Gasteiger partial charge in [0.15, 0.2) is 0 Å². The second kappa shape index (κ2) is 69.1. The Labute approximate surface area is 447 Å². The first-order valence-corrected chi connectivity index (χ1v) is 29.0. The second-order valence-electron chi connectivity index (χ2n) is 19.4. The largest absolute Gasteiger partial charge is 0.478 e. The zero-order valence-electron chi connectivity index (χ0n) is 44.8. The molecule has 7 heteroatoms. The molecule has 0 fully saturated rings. The summed E-state index contributed by atoms with van der Waals surface area (Å²) in [5.74, 6) is -2.50. The molecule has 0 aliphatic carbocycles. The number of carbonyl (C=O) groups is 3. The van der Waals surface area contributed by atoms with Crippen molar-refractivity contribution in [2.24, 2.45) is 0 Å². The van der Waals surface area contributed by atoms with Crippen LogP contribution in [0.25, 0.3) is 0 Å². The van der Waals surface area contributed by atoms with Crippen molar-refractivity contribution in [1.82, 2.24) is 0 Å². The van der Waals surface area contributed by atoms with E-state index in [1.807, 2.05) is 0 Å². The Morgan fingerprint density at radius 1 is 0.239 bits per heavy atom. The molecule has 0 spiro atoms. The minimum absolute atomic E-state index is 0. The summed E-state index contributed by atoms with van der Waals surface area (Å²) >= 11 is 0. The molecular formula is C60H114ErO6. The van der Waals surface area contributed by atoms with Crippen LogP contribution < -0.4 is 0 Å². The fourth-order valence-electron chi connectivity index (χ4n) is 8.45. The van der Waals surface area contributed by atoms with Gasteiger partial charge in [0.05, 0.1) is 0 Å². The van der Waals surface area contributed by atoms with Crippen molar-refractivity contribution in [3.63, 3.8) is 0 Å². The Bertz CT molecular complexity index is 911. The van der Waals surface area contributed by atoms with Gasteiger partial charge in [-0.3, -0.25) is 0 Å². The number of carboxylic acid groups (broad SMARTS) is 3. The van der Waals surface area contributed by atoms with E-state index in [0.29, 0.717) is 0 Å². The molecule has 0 heterocycles. The minimum Gasteiger partial charge on any atom is -0.478 e. The summed E-state index contributed by atoms with van der Waals surface area (Å²) in [5.41, 5.74) is 0. The van der Waals surface area contributed by atoms with Gasteiger partial charge in [-0.05, 0) is 38.5 Å². The molecule has 0 atom stereocenters. The summed E-state index contributed by atoms with van der Waals surface area (Å²) in [6.07, 6.45) is 73.5. The predicted molar refractivity (Wildman–Crippen MR) is 289 cm³/mol. The van der Waals surface area contributed by atoms with Gasteiger partial charge in [0.1, 0.15) is 0 Å². The molecule has 67 heavy (non-hydrogen) atoms. The maximum Gasteiger partial charge on any atom is 0.327 e. The Hall–Kier alpha value is -1.12. The summed E-state index contributed by atoms with van der Waals surface area (Å²) in [4.78, 5) is 30.8. The molecule has 0 aromatic rings. The Morgan fingerprint density at radius 3 is 0.478 bits per heavy atom. The van der Waals surface area contributed by atoms with E-state index in [0.717, 1.165) is 38.5 Å². The molecule has 3 N–H and O–H groups in total. The number of carboxylic acids is 3. The Balaban J connectivity index is -0.000000441. The molecule has 0 aromatic heterocycles. The summed E-state index contributed by atoms with van der Waals surface area (Å²) in [6.45, 7) is 6.82. The molecule has 0 unspecified atom stereocenters. The van der Waals surface area contributed by atoms with E-state index in [2.05, 4.69) is 20.8 Å². The minimum atomic E-state index is -0.832. The van der Waals surface area contributed by atoms with Gasteiger partial charge in [-0.2, -0.15) is 0 Å².